The molecule has 0 saturated heterocycles. The topological polar surface area (TPSA) is 217 Å². The molecule has 234 valence electrons. The number of aliphatic hydroxyl groups excluding tert-OH is 2. The summed E-state index contributed by atoms with van der Waals surface area (Å²) in [5.41, 5.74) is 7.94. The maximum absolute atomic E-state index is 12.8. The Kier molecular flexibility index (Phi) is 15.0. The van der Waals surface area contributed by atoms with Gasteiger partial charge in [0.05, 0.1) is 12.1 Å². The average molecular weight is 611 g/mol. The molecule has 0 heterocycles. The molecule has 6 atom stereocenters. The van der Waals surface area contributed by atoms with Crippen molar-refractivity contribution in [3.8, 4) is 0 Å². The number of rotatable bonds is 18. The first-order valence-electron chi connectivity index (χ1n) is 14.0. The molecule has 1 aromatic carbocycles. The number of benzene rings is 1. The minimum absolute atomic E-state index is 0.0495. The van der Waals surface area contributed by atoms with Crippen molar-refractivity contribution in [2.75, 3.05) is 0 Å². The fourth-order valence-corrected chi connectivity index (χ4v) is 5.14. The van der Waals surface area contributed by atoms with Crippen molar-refractivity contribution >= 4 is 29.4 Å². The number of nitrogens with one attached hydrogen (secondary N) is 2. The van der Waals surface area contributed by atoms with E-state index in [1.165, 1.54) is 11.1 Å². The van der Waals surface area contributed by atoms with Gasteiger partial charge in [-0.3, -0.25) is 19.7 Å². The lowest BCUT2D eigenvalue weighted by Gasteiger charge is -2.26. The first kappa shape index (κ1) is 35.2. The van der Waals surface area contributed by atoms with Gasteiger partial charge in [0.25, 0.3) is 0 Å². The molecule has 0 aromatic heterocycles. The third kappa shape index (κ3) is 12.5. The number of amides is 1. The molecule has 0 saturated carbocycles. The van der Waals surface area contributed by atoms with Crippen LogP contribution in [0, 0.1) is 5.92 Å². The van der Waals surface area contributed by atoms with Gasteiger partial charge in [-0.05, 0) is 74.1 Å². The molecule has 13 heteroatoms. The number of hydrogen-bond acceptors (Lipinski definition) is 9. The molecule has 1 aliphatic carbocycles. The fraction of sp³-hybridized carbons (Fsp3) is 0.552. The summed E-state index contributed by atoms with van der Waals surface area (Å²) in [6.07, 6.45) is 3.48. The van der Waals surface area contributed by atoms with Crippen molar-refractivity contribution in [1.82, 2.24) is 10.6 Å². The summed E-state index contributed by atoms with van der Waals surface area (Å²) in [6, 6.07) is 5.70. The van der Waals surface area contributed by atoms with Crippen molar-refractivity contribution in [3.05, 3.63) is 58.3 Å². The molecule has 6 unspecified atom stereocenters. The highest BCUT2D eigenvalue weighted by molar-refractivity contribution is 6.30. The SMILES string of the molecule is CC(C=C(CCC(O)NC(CCC(=O)O)C(=O)NC(CCC(=O)O)C(N)O)ON)C1=CCC(c2cccc(Cl)c2)CC1. The Morgan fingerprint density at radius 1 is 1.12 bits per heavy atom. The van der Waals surface area contributed by atoms with Crippen LogP contribution in [0.4, 0.5) is 0 Å². The fourth-order valence-electron chi connectivity index (χ4n) is 4.94. The smallest absolute Gasteiger partial charge is 0.303 e. The number of aliphatic hydroxyl groups is 2. The van der Waals surface area contributed by atoms with Crippen molar-refractivity contribution in [2.45, 2.75) is 95.2 Å². The number of hydrogen-bond donors (Lipinski definition) is 8. The van der Waals surface area contributed by atoms with Gasteiger partial charge in [0, 0.05) is 24.3 Å². The minimum atomic E-state index is -1.53. The quantitative estimate of drug-likeness (QED) is 0.0522. The van der Waals surface area contributed by atoms with E-state index in [1.807, 2.05) is 31.2 Å². The van der Waals surface area contributed by atoms with Gasteiger partial charge in [0.15, 0.2) is 0 Å². The lowest BCUT2D eigenvalue weighted by Crippen LogP contribution is -2.55. The zero-order chi connectivity index (χ0) is 31.2. The maximum Gasteiger partial charge on any atom is 0.303 e. The predicted octanol–water partition coefficient (Wildman–Crippen LogP) is 2.49. The summed E-state index contributed by atoms with van der Waals surface area (Å²) in [5, 5.41) is 44.2. The Balaban J connectivity index is 1.96. The number of allylic oxidation sites excluding steroid dienone is 4. The summed E-state index contributed by atoms with van der Waals surface area (Å²) in [4.78, 5) is 39.9. The minimum Gasteiger partial charge on any atom is -0.481 e. The van der Waals surface area contributed by atoms with Crippen LogP contribution in [0.5, 0.6) is 0 Å². The first-order valence-corrected chi connectivity index (χ1v) is 14.4. The number of carboxylic acid groups (broad SMARTS) is 2. The Morgan fingerprint density at radius 3 is 2.38 bits per heavy atom. The monoisotopic (exact) mass is 610 g/mol. The zero-order valence-corrected chi connectivity index (χ0v) is 24.5. The van der Waals surface area contributed by atoms with Gasteiger partial charge in [-0.25, -0.2) is 0 Å². The second kappa shape index (κ2) is 17.8. The third-order valence-corrected chi connectivity index (χ3v) is 7.60. The highest BCUT2D eigenvalue weighted by atomic mass is 35.5. The zero-order valence-electron chi connectivity index (χ0n) is 23.7. The summed E-state index contributed by atoms with van der Waals surface area (Å²) in [6.45, 7) is 2.04. The molecule has 1 amide bonds. The average Bonchev–Trinajstić information content (AvgIpc) is 2.94. The van der Waals surface area contributed by atoms with E-state index >= 15 is 0 Å². The largest absolute Gasteiger partial charge is 0.481 e. The number of halogens is 1. The summed E-state index contributed by atoms with van der Waals surface area (Å²) in [7, 11) is 0. The molecule has 0 radical (unpaired) electrons. The predicted molar refractivity (Wildman–Crippen MR) is 157 cm³/mol. The van der Waals surface area contributed by atoms with Gasteiger partial charge >= 0.3 is 11.9 Å². The second-order valence-electron chi connectivity index (χ2n) is 10.6. The van der Waals surface area contributed by atoms with Gasteiger partial charge in [-0.1, -0.05) is 42.3 Å². The first-order chi connectivity index (χ1) is 19.9. The summed E-state index contributed by atoms with van der Waals surface area (Å²) < 4.78 is 0. The normalized spacial score (nSPS) is 19.1. The molecule has 12 nitrogen and oxygen atoms in total. The molecule has 0 aliphatic heterocycles. The molecule has 0 fully saturated rings. The van der Waals surface area contributed by atoms with E-state index in [0.717, 1.165) is 24.3 Å². The van der Waals surface area contributed by atoms with E-state index in [9.17, 15) is 24.6 Å². The van der Waals surface area contributed by atoms with Crippen molar-refractivity contribution < 1.29 is 39.6 Å². The molecular formula is C29H43ClN4O8. The molecule has 1 aliphatic rings. The van der Waals surface area contributed by atoms with Crippen LogP contribution in [0.15, 0.2) is 47.7 Å². The van der Waals surface area contributed by atoms with Gasteiger partial charge < -0.3 is 36.3 Å². The Bertz CT molecular complexity index is 1110. The lowest BCUT2D eigenvalue weighted by atomic mass is 9.81. The second-order valence-corrected chi connectivity index (χ2v) is 11.0. The standard InChI is InChI=1S/C29H43ClN4O8/c1-17(18-5-7-19(8-6-18)20-3-2-4-21(30)16-20)15-22(42-32)9-12-25(35)33-24(11-14-27(38)39)29(41)34-23(28(31)40)10-13-26(36)37/h2-5,15-17,19,23-25,28,33,35,40H,6-14,31-32H2,1H3,(H,34,41)(H,36,37)(H,38,39). The van der Waals surface area contributed by atoms with Gasteiger partial charge in [-0.2, -0.15) is 5.90 Å². The molecule has 0 bridgehead atoms. The molecule has 42 heavy (non-hydrogen) atoms. The van der Waals surface area contributed by atoms with Crippen LogP contribution in [0.1, 0.15) is 76.2 Å². The number of carbonyl (C=O) groups excluding carboxylic acids is 1. The van der Waals surface area contributed by atoms with Crippen LogP contribution in [-0.2, 0) is 19.2 Å². The van der Waals surface area contributed by atoms with E-state index in [2.05, 4.69) is 22.8 Å². The molecule has 0 spiro atoms. The molecule has 1 aromatic rings. The highest BCUT2D eigenvalue weighted by Crippen LogP contribution is 2.36. The molecular weight excluding hydrogens is 568 g/mol. The van der Waals surface area contributed by atoms with E-state index in [1.54, 1.807) is 0 Å². The van der Waals surface area contributed by atoms with Crippen LogP contribution >= 0.6 is 11.6 Å². The van der Waals surface area contributed by atoms with Crippen molar-refractivity contribution in [1.29, 1.82) is 0 Å². The van der Waals surface area contributed by atoms with E-state index in [0.29, 0.717) is 11.7 Å². The van der Waals surface area contributed by atoms with Gasteiger partial charge in [-0.15, -0.1) is 0 Å². The highest BCUT2D eigenvalue weighted by Gasteiger charge is 2.27. The number of carboxylic acids is 2. The van der Waals surface area contributed by atoms with Crippen molar-refractivity contribution in [2.24, 2.45) is 17.5 Å². The summed E-state index contributed by atoms with van der Waals surface area (Å²) in [5.74, 6) is 3.41. The van der Waals surface area contributed by atoms with Crippen LogP contribution in [0.2, 0.25) is 5.02 Å². The van der Waals surface area contributed by atoms with Crippen LogP contribution in [0.25, 0.3) is 0 Å². The number of carbonyl (C=O) groups is 3. The Labute approximate surface area is 250 Å². The van der Waals surface area contributed by atoms with E-state index < -0.39 is 42.4 Å². The maximum atomic E-state index is 12.8. The van der Waals surface area contributed by atoms with E-state index in [-0.39, 0.29) is 44.4 Å². The van der Waals surface area contributed by atoms with Crippen molar-refractivity contribution in [3.63, 3.8) is 0 Å². The Hall–Kier alpha value is -3.00. The summed E-state index contributed by atoms with van der Waals surface area (Å²) >= 11 is 6.15. The van der Waals surface area contributed by atoms with Crippen LogP contribution < -0.4 is 22.3 Å². The van der Waals surface area contributed by atoms with Gasteiger partial charge in [0.2, 0.25) is 5.91 Å². The molecule has 10 N–H and O–H groups in total. The third-order valence-electron chi connectivity index (χ3n) is 7.37. The van der Waals surface area contributed by atoms with Crippen LogP contribution in [-0.4, -0.2) is 62.8 Å². The number of nitrogens with two attached hydrogens (primary N) is 2. The number of aliphatic carboxylic acids is 2. The lowest BCUT2D eigenvalue weighted by molar-refractivity contribution is -0.139. The Morgan fingerprint density at radius 2 is 1.81 bits per heavy atom. The molecule has 2 rings (SSSR count). The van der Waals surface area contributed by atoms with Crippen LogP contribution in [0.3, 0.4) is 0 Å². The van der Waals surface area contributed by atoms with E-state index in [4.69, 9.17) is 38.3 Å². The van der Waals surface area contributed by atoms with Gasteiger partial charge in [0.1, 0.15) is 18.2 Å².